The SMILES string of the molecule is O=C(CC(=O)Nc1ccccc1)NC1=CCCC=C1. The summed E-state index contributed by atoms with van der Waals surface area (Å²) < 4.78 is 0. The van der Waals surface area contributed by atoms with Gasteiger partial charge in [0.25, 0.3) is 0 Å². The summed E-state index contributed by atoms with van der Waals surface area (Å²) in [6, 6.07) is 9.08. The molecule has 0 heterocycles. The zero-order valence-electron chi connectivity index (χ0n) is 10.6. The molecule has 0 spiro atoms. The van der Waals surface area contributed by atoms with Gasteiger partial charge >= 0.3 is 0 Å². The zero-order chi connectivity index (χ0) is 13.5. The summed E-state index contributed by atoms with van der Waals surface area (Å²) in [7, 11) is 0. The van der Waals surface area contributed by atoms with Crippen molar-refractivity contribution < 1.29 is 9.59 Å². The van der Waals surface area contributed by atoms with Crippen LogP contribution in [0.2, 0.25) is 0 Å². The second kappa shape index (κ2) is 6.54. The van der Waals surface area contributed by atoms with Crippen molar-refractivity contribution in [3.63, 3.8) is 0 Å². The quantitative estimate of drug-likeness (QED) is 0.812. The van der Waals surface area contributed by atoms with Gasteiger partial charge in [-0.25, -0.2) is 0 Å². The van der Waals surface area contributed by atoms with Crippen molar-refractivity contribution in [1.82, 2.24) is 5.32 Å². The number of rotatable bonds is 4. The smallest absolute Gasteiger partial charge is 0.233 e. The Morgan fingerprint density at radius 3 is 2.42 bits per heavy atom. The standard InChI is InChI=1S/C15H16N2O2/c18-14(16-12-7-3-1-4-8-12)11-15(19)17-13-9-5-2-6-10-13/h1,3-5,7-10H,2,6,11H2,(H,16,18)(H,17,19). The number of nitrogens with one attached hydrogen (secondary N) is 2. The van der Waals surface area contributed by atoms with E-state index in [1.54, 1.807) is 12.1 Å². The van der Waals surface area contributed by atoms with Crippen LogP contribution in [0.25, 0.3) is 0 Å². The predicted octanol–water partition coefficient (Wildman–Crippen LogP) is 2.37. The number of allylic oxidation sites excluding steroid dienone is 3. The first-order valence-corrected chi connectivity index (χ1v) is 6.25. The molecule has 0 saturated heterocycles. The van der Waals surface area contributed by atoms with Crippen LogP contribution in [0.1, 0.15) is 19.3 Å². The van der Waals surface area contributed by atoms with E-state index in [2.05, 4.69) is 10.6 Å². The Morgan fingerprint density at radius 2 is 1.74 bits per heavy atom. The summed E-state index contributed by atoms with van der Waals surface area (Å²) in [6.07, 6.45) is 7.54. The van der Waals surface area contributed by atoms with Gasteiger partial charge in [-0.1, -0.05) is 30.4 Å². The molecule has 0 saturated carbocycles. The van der Waals surface area contributed by atoms with Crippen molar-refractivity contribution in [2.75, 3.05) is 5.32 Å². The van der Waals surface area contributed by atoms with Gasteiger partial charge < -0.3 is 10.6 Å². The molecule has 1 aliphatic carbocycles. The van der Waals surface area contributed by atoms with E-state index in [0.29, 0.717) is 5.69 Å². The molecule has 1 aromatic rings. The molecule has 0 radical (unpaired) electrons. The average Bonchev–Trinajstić information content (AvgIpc) is 2.40. The maximum Gasteiger partial charge on any atom is 0.233 e. The van der Waals surface area contributed by atoms with Crippen LogP contribution in [-0.4, -0.2) is 11.8 Å². The molecule has 98 valence electrons. The molecular weight excluding hydrogens is 240 g/mol. The molecule has 0 aromatic heterocycles. The van der Waals surface area contributed by atoms with Crippen molar-refractivity contribution in [1.29, 1.82) is 0 Å². The van der Waals surface area contributed by atoms with Crippen LogP contribution in [0.15, 0.2) is 54.3 Å². The highest BCUT2D eigenvalue weighted by Crippen LogP contribution is 2.08. The highest BCUT2D eigenvalue weighted by Gasteiger charge is 2.10. The molecule has 0 atom stereocenters. The van der Waals surface area contributed by atoms with Crippen LogP contribution in [0, 0.1) is 0 Å². The largest absolute Gasteiger partial charge is 0.326 e. The second-order valence-electron chi connectivity index (χ2n) is 4.28. The minimum Gasteiger partial charge on any atom is -0.326 e. The van der Waals surface area contributed by atoms with Crippen LogP contribution in [0.4, 0.5) is 5.69 Å². The van der Waals surface area contributed by atoms with Gasteiger partial charge in [0, 0.05) is 11.4 Å². The van der Waals surface area contributed by atoms with Crippen LogP contribution in [0.3, 0.4) is 0 Å². The van der Waals surface area contributed by atoms with Crippen molar-refractivity contribution in [2.45, 2.75) is 19.3 Å². The van der Waals surface area contributed by atoms with Gasteiger partial charge in [0.2, 0.25) is 11.8 Å². The van der Waals surface area contributed by atoms with E-state index in [1.807, 2.05) is 36.4 Å². The number of benzene rings is 1. The van der Waals surface area contributed by atoms with E-state index in [-0.39, 0.29) is 18.2 Å². The molecule has 0 bridgehead atoms. The van der Waals surface area contributed by atoms with Crippen molar-refractivity contribution in [3.05, 3.63) is 54.3 Å². The third-order valence-electron chi connectivity index (χ3n) is 2.66. The minimum atomic E-state index is -0.316. The minimum absolute atomic E-state index is 0.180. The van der Waals surface area contributed by atoms with Gasteiger partial charge in [-0.2, -0.15) is 0 Å². The lowest BCUT2D eigenvalue weighted by molar-refractivity contribution is -0.126. The number of anilines is 1. The van der Waals surface area contributed by atoms with Crippen LogP contribution < -0.4 is 10.6 Å². The molecule has 2 amide bonds. The van der Waals surface area contributed by atoms with Crippen LogP contribution in [-0.2, 0) is 9.59 Å². The summed E-state index contributed by atoms with van der Waals surface area (Å²) in [5.41, 5.74) is 1.46. The number of amides is 2. The summed E-state index contributed by atoms with van der Waals surface area (Å²) >= 11 is 0. The highest BCUT2D eigenvalue weighted by molar-refractivity contribution is 6.04. The van der Waals surface area contributed by atoms with Crippen molar-refractivity contribution >= 4 is 17.5 Å². The Labute approximate surface area is 112 Å². The van der Waals surface area contributed by atoms with E-state index >= 15 is 0 Å². The second-order valence-corrected chi connectivity index (χ2v) is 4.28. The molecule has 1 aliphatic rings. The lowest BCUT2D eigenvalue weighted by Crippen LogP contribution is -2.27. The Hall–Kier alpha value is -2.36. The molecule has 1 aromatic carbocycles. The van der Waals surface area contributed by atoms with Crippen molar-refractivity contribution in [3.8, 4) is 0 Å². The first-order valence-electron chi connectivity index (χ1n) is 6.25. The molecule has 4 nitrogen and oxygen atoms in total. The zero-order valence-corrected chi connectivity index (χ0v) is 10.6. The average molecular weight is 256 g/mol. The van der Waals surface area contributed by atoms with Gasteiger partial charge in [0.15, 0.2) is 0 Å². The van der Waals surface area contributed by atoms with Gasteiger partial charge in [-0.15, -0.1) is 0 Å². The van der Waals surface area contributed by atoms with Gasteiger partial charge in [0.05, 0.1) is 0 Å². The molecular formula is C15H16N2O2. The first-order chi connectivity index (χ1) is 9.24. The molecule has 4 heteroatoms. The van der Waals surface area contributed by atoms with Gasteiger partial charge in [-0.05, 0) is 31.1 Å². The van der Waals surface area contributed by atoms with Gasteiger partial charge in [0.1, 0.15) is 6.42 Å². The summed E-state index contributed by atoms with van der Waals surface area (Å²) in [4.78, 5) is 23.3. The summed E-state index contributed by atoms with van der Waals surface area (Å²) in [5, 5.41) is 5.38. The lowest BCUT2D eigenvalue weighted by atomic mass is 10.1. The first kappa shape index (κ1) is 13.1. The molecule has 0 fully saturated rings. The molecule has 2 rings (SSSR count). The van der Waals surface area contributed by atoms with Crippen molar-refractivity contribution in [2.24, 2.45) is 0 Å². The topological polar surface area (TPSA) is 58.2 Å². The Bertz CT molecular complexity index is 518. The van der Waals surface area contributed by atoms with E-state index < -0.39 is 0 Å². The number of hydrogen-bond acceptors (Lipinski definition) is 2. The Morgan fingerprint density at radius 1 is 1.00 bits per heavy atom. The normalized spacial score (nSPS) is 13.6. The fourth-order valence-corrected chi connectivity index (χ4v) is 1.78. The number of hydrogen-bond donors (Lipinski definition) is 2. The van der Waals surface area contributed by atoms with E-state index in [4.69, 9.17) is 0 Å². The fourth-order valence-electron chi connectivity index (χ4n) is 1.78. The van der Waals surface area contributed by atoms with Crippen LogP contribution >= 0.6 is 0 Å². The number of carbonyl (C=O) groups excluding carboxylic acids is 2. The summed E-state index contributed by atoms with van der Waals surface area (Å²) in [6.45, 7) is 0. The third-order valence-corrected chi connectivity index (χ3v) is 2.66. The molecule has 0 unspecified atom stereocenters. The van der Waals surface area contributed by atoms with Crippen LogP contribution in [0.5, 0.6) is 0 Å². The van der Waals surface area contributed by atoms with Gasteiger partial charge in [-0.3, -0.25) is 9.59 Å². The Balaban J connectivity index is 1.80. The number of para-hydroxylation sites is 1. The fraction of sp³-hybridized carbons (Fsp3) is 0.200. The summed E-state index contributed by atoms with van der Waals surface area (Å²) in [5.74, 6) is -0.615. The Kier molecular flexibility index (Phi) is 4.50. The van der Waals surface area contributed by atoms with E-state index in [1.165, 1.54) is 0 Å². The van der Waals surface area contributed by atoms with E-state index in [9.17, 15) is 9.59 Å². The van der Waals surface area contributed by atoms with E-state index in [0.717, 1.165) is 18.5 Å². The monoisotopic (exact) mass is 256 g/mol. The molecule has 19 heavy (non-hydrogen) atoms. The molecule has 2 N–H and O–H groups in total. The molecule has 0 aliphatic heterocycles. The maximum atomic E-state index is 11.7. The highest BCUT2D eigenvalue weighted by atomic mass is 16.2. The third kappa shape index (κ3) is 4.43. The maximum absolute atomic E-state index is 11.7. The predicted molar refractivity (Wildman–Crippen MR) is 74.3 cm³/mol. The number of carbonyl (C=O) groups is 2. The lowest BCUT2D eigenvalue weighted by Gasteiger charge is -2.09.